The van der Waals surface area contributed by atoms with Gasteiger partial charge in [0, 0.05) is 12.3 Å². The van der Waals surface area contributed by atoms with E-state index in [4.69, 9.17) is 9.47 Å². The summed E-state index contributed by atoms with van der Waals surface area (Å²) < 4.78 is 10.6. The molecule has 2 aliphatic carbocycles. The number of ether oxygens (including phenoxy) is 2. The van der Waals surface area contributed by atoms with E-state index in [1.165, 1.54) is 16.7 Å². The van der Waals surface area contributed by atoms with Gasteiger partial charge in [-0.05, 0) is 56.7 Å². The van der Waals surface area contributed by atoms with Crippen molar-refractivity contribution in [2.24, 2.45) is 0 Å². The Morgan fingerprint density at radius 2 is 1.97 bits per heavy atom. The van der Waals surface area contributed by atoms with Crippen LogP contribution in [0.15, 0.2) is 42.0 Å². The predicted molar refractivity (Wildman–Crippen MR) is 115 cm³/mol. The summed E-state index contributed by atoms with van der Waals surface area (Å²) in [5, 5.41) is 11.6. The predicted octanol–water partition coefficient (Wildman–Crippen LogP) is 4.19. The highest BCUT2D eigenvalue weighted by Gasteiger charge is 2.32. The Morgan fingerprint density at radius 1 is 1.23 bits per heavy atom. The van der Waals surface area contributed by atoms with E-state index in [-0.39, 0.29) is 25.4 Å². The van der Waals surface area contributed by atoms with Crippen molar-refractivity contribution in [2.75, 3.05) is 6.61 Å². The van der Waals surface area contributed by atoms with Gasteiger partial charge in [0.05, 0.1) is 0 Å². The van der Waals surface area contributed by atoms with Crippen LogP contribution in [0.2, 0.25) is 0 Å². The molecule has 0 heterocycles. The molecular weight excluding hydrogens is 398 g/mol. The van der Waals surface area contributed by atoms with E-state index in [1.807, 2.05) is 12.1 Å². The first-order chi connectivity index (χ1) is 14.7. The SMILES string of the molecule is CC(C)(C)OC(=O)N[C@H](CCC(=O)OCC1C2=C(C=CCC2)c2ccccc21)C(=O)O. The number of hydrogen-bond acceptors (Lipinski definition) is 5. The van der Waals surface area contributed by atoms with Crippen LogP contribution in [0.1, 0.15) is 63.5 Å². The summed E-state index contributed by atoms with van der Waals surface area (Å²) >= 11 is 0. The lowest BCUT2D eigenvalue weighted by atomic mass is 9.91. The highest BCUT2D eigenvalue weighted by Crippen LogP contribution is 2.46. The number of rotatable bonds is 7. The second-order valence-electron chi connectivity index (χ2n) is 8.78. The molecule has 1 amide bonds. The molecule has 2 atom stereocenters. The van der Waals surface area contributed by atoms with E-state index >= 15 is 0 Å². The number of aliphatic carboxylic acids is 1. The molecule has 3 rings (SSSR count). The third kappa shape index (κ3) is 5.75. The van der Waals surface area contributed by atoms with Crippen LogP contribution in [0, 0.1) is 0 Å². The van der Waals surface area contributed by atoms with Crippen LogP contribution in [0.4, 0.5) is 4.79 Å². The van der Waals surface area contributed by atoms with E-state index in [9.17, 15) is 19.5 Å². The summed E-state index contributed by atoms with van der Waals surface area (Å²) in [6, 6.07) is 6.90. The van der Waals surface area contributed by atoms with Crippen molar-refractivity contribution in [3.8, 4) is 0 Å². The number of benzene rings is 1. The molecule has 2 aliphatic rings. The van der Waals surface area contributed by atoms with Gasteiger partial charge >= 0.3 is 18.0 Å². The van der Waals surface area contributed by atoms with Crippen LogP contribution in [0.3, 0.4) is 0 Å². The zero-order valence-corrected chi connectivity index (χ0v) is 18.1. The lowest BCUT2D eigenvalue weighted by Gasteiger charge is -2.22. The number of esters is 1. The van der Waals surface area contributed by atoms with E-state index in [0.29, 0.717) is 0 Å². The van der Waals surface area contributed by atoms with Gasteiger partial charge in [-0.15, -0.1) is 0 Å². The molecule has 1 aromatic rings. The zero-order valence-electron chi connectivity index (χ0n) is 18.1. The van der Waals surface area contributed by atoms with Crippen LogP contribution in [-0.4, -0.2) is 41.4 Å². The summed E-state index contributed by atoms with van der Waals surface area (Å²) in [6.45, 7) is 5.28. The molecule has 1 aromatic carbocycles. The quantitative estimate of drug-likeness (QED) is 0.633. The first-order valence-corrected chi connectivity index (χ1v) is 10.5. The number of amides is 1. The minimum Gasteiger partial charge on any atom is -0.480 e. The van der Waals surface area contributed by atoms with Gasteiger partial charge in [0.25, 0.3) is 0 Å². The molecule has 0 bridgehead atoms. The number of carboxylic acid groups (broad SMARTS) is 1. The van der Waals surface area contributed by atoms with Gasteiger partial charge in [0.2, 0.25) is 0 Å². The lowest BCUT2D eigenvalue weighted by Crippen LogP contribution is -2.43. The molecule has 31 heavy (non-hydrogen) atoms. The smallest absolute Gasteiger partial charge is 0.408 e. The maximum Gasteiger partial charge on any atom is 0.408 e. The number of carbonyl (C=O) groups is 3. The van der Waals surface area contributed by atoms with Gasteiger partial charge in [0.15, 0.2) is 0 Å². The Kier molecular flexibility index (Phi) is 6.83. The van der Waals surface area contributed by atoms with Crippen molar-refractivity contribution in [3.05, 3.63) is 53.1 Å². The highest BCUT2D eigenvalue weighted by molar-refractivity contribution is 5.85. The van der Waals surface area contributed by atoms with Crippen molar-refractivity contribution < 1.29 is 29.0 Å². The summed E-state index contributed by atoms with van der Waals surface area (Å²) in [4.78, 5) is 35.6. The highest BCUT2D eigenvalue weighted by atomic mass is 16.6. The Labute approximate surface area is 182 Å². The molecule has 0 aliphatic heterocycles. The zero-order chi connectivity index (χ0) is 22.6. The second kappa shape index (κ2) is 9.37. The van der Waals surface area contributed by atoms with E-state index in [1.54, 1.807) is 20.8 Å². The summed E-state index contributed by atoms with van der Waals surface area (Å²) in [5.74, 6) is -1.70. The van der Waals surface area contributed by atoms with Crippen LogP contribution in [0.5, 0.6) is 0 Å². The van der Waals surface area contributed by atoms with Crippen molar-refractivity contribution in [3.63, 3.8) is 0 Å². The van der Waals surface area contributed by atoms with Gasteiger partial charge in [-0.1, -0.05) is 42.0 Å². The maximum absolute atomic E-state index is 12.3. The van der Waals surface area contributed by atoms with Gasteiger partial charge < -0.3 is 19.9 Å². The number of carboxylic acids is 1. The molecule has 0 saturated carbocycles. The molecule has 0 fully saturated rings. The topological polar surface area (TPSA) is 102 Å². The van der Waals surface area contributed by atoms with Crippen LogP contribution in [-0.2, 0) is 19.1 Å². The van der Waals surface area contributed by atoms with E-state index < -0.39 is 29.7 Å². The molecule has 0 saturated heterocycles. The average Bonchev–Trinajstić information content (AvgIpc) is 3.02. The minimum atomic E-state index is -1.23. The summed E-state index contributed by atoms with van der Waals surface area (Å²) in [5.41, 5.74) is 4.09. The number of hydrogen-bond donors (Lipinski definition) is 2. The van der Waals surface area contributed by atoms with Crippen molar-refractivity contribution in [1.82, 2.24) is 5.32 Å². The fourth-order valence-electron chi connectivity index (χ4n) is 3.95. The van der Waals surface area contributed by atoms with Gasteiger partial charge in [-0.25, -0.2) is 9.59 Å². The molecule has 166 valence electrons. The fourth-order valence-corrected chi connectivity index (χ4v) is 3.95. The molecular formula is C24H29NO6. The minimum absolute atomic E-state index is 0.0234. The Hall–Kier alpha value is -3.09. The fraction of sp³-hybridized carbons (Fsp3) is 0.458. The molecule has 0 aromatic heterocycles. The van der Waals surface area contributed by atoms with Crippen LogP contribution < -0.4 is 5.32 Å². The summed E-state index contributed by atoms with van der Waals surface area (Å²) in [7, 11) is 0. The molecule has 7 nitrogen and oxygen atoms in total. The van der Waals surface area contributed by atoms with E-state index in [2.05, 4.69) is 29.6 Å². The molecule has 7 heteroatoms. The third-order valence-corrected chi connectivity index (χ3v) is 5.30. The molecule has 1 unspecified atom stereocenters. The van der Waals surface area contributed by atoms with Crippen molar-refractivity contribution in [1.29, 1.82) is 0 Å². The second-order valence-corrected chi connectivity index (χ2v) is 8.78. The molecule has 0 radical (unpaired) electrons. The van der Waals surface area contributed by atoms with Gasteiger partial charge in [-0.2, -0.15) is 0 Å². The normalized spacial score (nSPS) is 18.1. The molecule has 0 spiro atoms. The Balaban J connectivity index is 1.55. The first kappa shape index (κ1) is 22.6. The van der Waals surface area contributed by atoms with Crippen LogP contribution in [0.25, 0.3) is 5.57 Å². The average molecular weight is 427 g/mol. The van der Waals surface area contributed by atoms with Gasteiger partial charge in [-0.3, -0.25) is 4.79 Å². The standard InChI is InChI=1S/C24H29NO6/c1-24(2,3)31-23(29)25-20(22(27)28)12-13-21(26)30-14-19-17-10-6-4-8-15(17)16-9-5-7-11-18(16)19/h4-6,8-10,19-20H,7,11-14H2,1-3H3,(H,25,29)(H,27,28)/t19?,20-/m1/s1. The van der Waals surface area contributed by atoms with Gasteiger partial charge in [0.1, 0.15) is 18.2 Å². The van der Waals surface area contributed by atoms with Crippen LogP contribution >= 0.6 is 0 Å². The number of nitrogens with one attached hydrogen (secondary N) is 1. The Morgan fingerprint density at radius 3 is 2.68 bits per heavy atom. The number of fused-ring (bicyclic) bond motifs is 2. The number of allylic oxidation sites excluding steroid dienone is 3. The Bertz CT molecular complexity index is 924. The van der Waals surface area contributed by atoms with Crippen molar-refractivity contribution in [2.45, 2.75) is 64.0 Å². The number of carbonyl (C=O) groups excluding carboxylic acids is 2. The van der Waals surface area contributed by atoms with Crippen molar-refractivity contribution >= 4 is 23.6 Å². The maximum atomic E-state index is 12.3. The number of alkyl carbamates (subject to hydrolysis) is 1. The monoisotopic (exact) mass is 427 g/mol. The third-order valence-electron chi connectivity index (χ3n) is 5.30. The first-order valence-electron chi connectivity index (χ1n) is 10.5. The lowest BCUT2D eigenvalue weighted by molar-refractivity contribution is -0.145. The largest absolute Gasteiger partial charge is 0.480 e. The molecule has 2 N–H and O–H groups in total. The van der Waals surface area contributed by atoms with E-state index in [0.717, 1.165) is 18.4 Å². The summed E-state index contributed by atoms with van der Waals surface area (Å²) in [6.07, 6.45) is 5.17.